The number of hydrogen-bond donors (Lipinski definition) is 2. The topological polar surface area (TPSA) is 87.8 Å². The Morgan fingerprint density at radius 1 is 1.33 bits per heavy atom. The number of guanidine groups is 1. The number of nitrogens with two attached hydrogens (primary N) is 1. The maximum Gasteiger partial charge on any atom is 0.242 e. The molecule has 0 radical (unpaired) electrons. The smallest absolute Gasteiger partial charge is 0.242 e. The zero-order chi connectivity index (χ0) is 15.3. The lowest BCUT2D eigenvalue weighted by Gasteiger charge is -2.14. The SMILES string of the molecule is CC(C)NC(N)=NCc1ccccc1S(=O)(=O)N(C)C.I. The highest BCUT2D eigenvalue weighted by Crippen LogP contribution is 2.19. The maximum absolute atomic E-state index is 12.2. The minimum atomic E-state index is -3.48. The second kappa shape index (κ2) is 8.54. The van der Waals surface area contributed by atoms with Crippen LogP contribution in [0.4, 0.5) is 0 Å². The summed E-state index contributed by atoms with van der Waals surface area (Å²) in [5.74, 6) is 0.303. The van der Waals surface area contributed by atoms with Crippen molar-refractivity contribution >= 4 is 40.0 Å². The molecule has 0 aromatic heterocycles. The molecular formula is C13H23IN4O2S. The molecule has 8 heteroatoms. The average Bonchev–Trinajstić information content (AvgIpc) is 2.35. The highest BCUT2D eigenvalue weighted by molar-refractivity contribution is 14.0. The fourth-order valence-corrected chi connectivity index (χ4v) is 2.70. The molecule has 0 aliphatic carbocycles. The predicted octanol–water partition coefficient (Wildman–Crippen LogP) is 1.37. The van der Waals surface area contributed by atoms with Crippen LogP contribution < -0.4 is 11.1 Å². The number of halogens is 1. The summed E-state index contributed by atoms with van der Waals surface area (Å²) < 4.78 is 25.6. The number of benzene rings is 1. The summed E-state index contributed by atoms with van der Waals surface area (Å²) in [6.07, 6.45) is 0. The van der Waals surface area contributed by atoms with Crippen LogP contribution in [0.3, 0.4) is 0 Å². The molecule has 0 amide bonds. The molecule has 1 rings (SSSR count). The number of aliphatic imine (C=N–C) groups is 1. The van der Waals surface area contributed by atoms with E-state index in [1.807, 2.05) is 13.8 Å². The van der Waals surface area contributed by atoms with E-state index in [4.69, 9.17) is 5.73 Å². The molecule has 0 unspecified atom stereocenters. The summed E-state index contributed by atoms with van der Waals surface area (Å²) >= 11 is 0. The molecule has 0 aliphatic rings. The fourth-order valence-electron chi connectivity index (χ4n) is 1.59. The second-order valence-corrected chi connectivity index (χ2v) is 7.02. The Labute approximate surface area is 143 Å². The molecule has 3 N–H and O–H groups in total. The fraction of sp³-hybridized carbons (Fsp3) is 0.462. The Morgan fingerprint density at radius 3 is 2.43 bits per heavy atom. The zero-order valence-electron chi connectivity index (χ0n) is 12.7. The van der Waals surface area contributed by atoms with Crippen molar-refractivity contribution in [2.45, 2.75) is 31.3 Å². The molecule has 0 aliphatic heterocycles. The number of nitrogens with zero attached hydrogens (tertiary/aromatic N) is 2. The molecule has 120 valence electrons. The van der Waals surface area contributed by atoms with Crippen LogP contribution in [0, 0.1) is 0 Å². The largest absolute Gasteiger partial charge is 0.370 e. The van der Waals surface area contributed by atoms with Gasteiger partial charge < -0.3 is 11.1 Å². The first-order valence-corrected chi connectivity index (χ1v) is 7.76. The van der Waals surface area contributed by atoms with Crippen molar-refractivity contribution in [1.29, 1.82) is 0 Å². The van der Waals surface area contributed by atoms with E-state index in [-0.39, 0.29) is 41.5 Å². The molecule has 0 saturated carbocycles. The molecule has 1 aromatic carbocycles. The van der Waals surface area contributed by atoms with E-state index in [2.05, 4.69) is 10.3 Å². The van der Waals surface area contributed by atoms with Gasteiger partial charge in [0.15, 0.2) is 5.96 Å². The van der Waals surface area contributed by atoms with Gasteiger partial charge in [-0.15, -0.1) is 24.0 Å². The van der Waals surface area contributed by atoms with Gasteiger partial charge in [-0.05, 0) is 25.5 Å². The minimum Gasteiger partial charge on any atom is -0.370 e. The van der Waals surface area contributed by atoms with Gasteiger partial charge in [-0.3, -0.25) is 0 Å². The molecule has 0 bridgehead atoms. The molecule has 0 saturated heterocycles. The van der Waals surface area contributed by atoms with Crippen molar-refractivity contribution in [3.05, 3.63) is 29.8 Å². The van der Waals surface area contributed by atoms with E-state index in [0.717, 1.165) is 0 Å². The lowest BCUT2D eigenvalue weighted by atomic mass is 10.2. The zero-order valence-corrected chi connectivity index (χ0v) is 15.8. The molecule has 0 atom stereocenters. The van der Waals surface area contributed by atoms with Crippen LogP contribution in [0.5, 0.6) is 0 Å². The van der Waals surface area contributed by atoms with E-state index >= 15 is 0 Å². The average molecular weight is 426 g/mol. The third kappa shape index (κ3) is 5.79. The highest BCUT2D eigenvalue weighted by atomic mass is 127. The van der Waals surface area contributed by atoms with Gasteiger partial charge in [0, 0.05) is 20.1 Å². The van der Waals surface area contributed by atoms with Crippen LogP contribution >= 0.6 is 24.0 Å². The Morgan fingerprint density at radius 2 is 1.90 bits per heavy atom. The Bertz CT molecular complexity index is 586. The molecule has 1 aromatic rings. The number of sulfonamides is 1. The lowest BCUT2D eigenvalue weighted by Crippen LogP contribution is -2.36. The van der Waals surface area contributed by atoms with Crippen molar-refractivity contribution in [3.8, 4) is 0 Å². The van der Waals surface area contributed by atoms with E-state index in [0.29, 0.717) is 11.5 Å². The van der Waals surface area contributed by atoms with Crippen molar-refractivity contribution in [2.24, 2.45) is 10.7 Å². The molecule has 0 fully saturated rings. The highest BCUT2D eigenvalue weighted by Gasteiger charge is 2.20. The summed E-state index contributed by atoms with van der Waals surface area (Å²) in [6, 6.07) is 6.97. The molecular weight excluding hydrogens is 403 g/mol. The van der Waals surface area contributed by atoms with Crippen molar-refractivity contribution < 1.29 is 8.42 Å². The van der Waals surface area contributed by atoms with Gasteiger partial charge in [0.05, 0.1) is 11.4 Å². The minimum absolute atomic E-state index is 0. The number of rotatable bonds is 5. The van der Waals surface area contributed by atoms with Gasteiger partial charge in [-0.2, -0.15) is 0 Å². The summed E-state index contributed by atoms with van der Waals surface area (Å²) in [5.41, 5.74) is 6.34. The van der Waals surface area contributed by atoms with Gasteiger partial charge in [0.1, 0.15) is 0 Å². The van der Waals surface area contributed by atoms with Crippen LogP contribution in [-0.2, 0) is 16.6 Å². The summed E-state index contributed by atoms with van der Waals surface area (Å²) in [7, 11) is -0.468. The third-order valence-corrected chi connectivity index (χ3v) is 4.50. The van der Waals surface area contributed by atoms with Crippen LogP contribution in [-0.4, -0.2) is 38.8 Å². The van der Waals surface area contributed by atoms with Gasteiger partial charge >= 0.3 is 0 Å². The second-order valence-electron chi connectivity index (χ2n) is 4.90. The maximum atomic E-state index is 12.2. The predicted molar refractivity (Wildman–Crippen MR) is 96.3 cm³/mol. The summed E-state index contributed by atoms with van der Waals surface area (Å²) in [6.45, 7) is 4.12. The third-order valence-electron chi connectivity index (χ3n) is 2.59. The Kier molecular flexibility index (Phi) is 8.19. The van der Waals surface area contributed by atoms with Gasteiger partial charge in [-0.25, -0.2) is 17.7 Å². The Balaban J connectivity index is 0.00000400. The van der Waals surface area contributed by atoms with E-state index in [1.165, 1.54) is 18.4 Å². The first-order valence-electron chi connectivity index (χ1n) is 6.32. The number of nitrogens with one attached hydrogen (secondary N) is 1. The standard InChI is InChI=1S/C13H22N4O2S.HI/c1-10(2)16-13(14)15-9-11-7-5-6-8-12(11)20(18,19)17(3)4;/h5-8,10H,9H2,1-4H3,(H3,14,15,16);1H. The van der Waals surface area contributed by atoms with Gasteiger partial charge in [0.25, 0.3) is 0 Å². The lowest BCUT2D eigenvalue weighted by molar-refractivity contribution is 0.519. The van der Waals surface area contributed by atoms with Crippen LogP contribution in [0.2, 0.25) is 0 Å². The van der Waals surface area contributed by atoms with Crippen molar-refractivity contribution in [1.82, 2.24) is 9.62 Å². The normalized spacial score (nSPS) is 12.4. The molecule has 6 nitrogen and oxygen atoms in total. The summed E-state index contributed by atoms with van der Waals surface area (Å²) in [4.78, 5) is 4.42. The number of hydrogen-bond acceptors (Lipinski definition) is 3. The molecule has 0 heterocycles. The molecule has 0 spiro atoms. The van der Waals surface area contributed by atoms with Gasteiger partial charge in [0.2, 0.25) is 10.0 Å². The van der Waals surface area contributed by atoms with Crippen molar-refractivity contribution in [3.63, 3.8) is 0 Å². The first kappa shape index (κ1) is 20.1. The van der Waals surface area contributed by atoms with Crippen LogP contribution in [0.15, 0.2) is 34.2 Å². The van der Waals surface area contributed by atoms with E-state index < -0.39 is 10.0 Å². The quantitative estimate of drug-likeness (QED) is 0.423. The van der Waals surface area contributed by atoms with E-state index in [9.17, 15) is 8.42 Å². The van der Waals surface area contributed by atoms with Crippen LogP contribution in [0.25, 0.3) is 0 Å². The first-order chi connectivity index (χ1) is 9.25. The van der Waals surface area contributed by atoms with Crippen molar-refractivity contribution in [2.75, 3.05) is 14.1 Å². The summed E-state index contributed by atoms with van der Waals surface area (Å²) in [5, 5.41) is 2.96. The Hall–Kier alpha value is -0.870. The van der Waals surface area contributed by atoms with Crippen LogP contribution in [0.1, 0.15) is 19.4 Å². The molecule has 21 heavy (non-hydrogen) atoms. The van der Waals surface area contributed by atoms with E-state index in [1.54, 1.807) is 24.3 Å². The van der Waals surface area contributed by atoms with Gasteiger partial charge in [-0.1, -0.05) is 18.2 Å². The monoisotopic (exact) mass is 426 g/mol.